The Morgan fingerprint density at radius 3 is 1.81 bits per heavy atom. The normalized spacial score (nSPS) is 13.1. The van der Waals surface area contributed by atoms with Crippen LogP contribution in [0.4, 0.5) is 26.3 Å². The number of hydrogen-bond acceptors (Lipinski definition) is 5. The first-order valence-corrected chi connectivity index (χ1v) is 10.7. The summed E-state index contributed by atoms with van der Waals surface area (Å²) in [7, 11) is 0. The van der Waals surface area contributed by atoms with Crippen molar-refractivity contribution in [2.75, 3.05) is 26.4 Å². The first-order chi connectivity index (χ1) is 16.9. The molecule has 0 heterocycles. The highest BCUT2D eigenvalue weighted by atomic mass is 19.4. The maximum atomic E-state index is 14.2. The topological polar surface area (TPSA) is 88.0 Å². The molecule has 6 nitrogen and oxygen atoms in total. The molecular formula is C24H25F6NO5. The fourth-order valence-corrected chi connectivity index (χ4v) is 3.38. The van der Waals surface area contributed by atoms with Crippen molar-refractivity contribution in [2.45, 2.75) is 30.3 Å². The second kappa shape index (κ2) is 12.1. The summed E-state index contributed by atoms with van der Waals surface area (Å²) in [6, 6.07) is 6.60. The van der Waals surface area contributed by atoms with Crippen LogP contribution in [0.3, 0.4) is 0 Å². The van der Waals surface area contributed by atoms with Gasteiger partial charge in [-0.1, -0.05) is 30.8 Å². The van der Waals surface area contributed by atoms with Gasteiger partial charge in [0, 0.05) is 6.54 Å². The first kappa shape index (κ1) is 29.0. The molecule has 0 aliphatic carbocycles. The van der Waals surface area contributed by atoms with Crippen LogP contribution in [0.15, 0.2) is 61.2 Å². The Bertz CT molecular complexity index is 976. The number of halogens is 6. The van der Waals surface area contributed by atoms with E-state index in [-0.39, 0.29) is 24.7 Å². The Balaban J connectivity index is 2.32. The summed E-state index contributed by atoms with van der Waals surface area (Å²) in [6.45, 7) is 2.56. The monoisotopic (exact) mass is 521 g/mol. The van der Waals surface area contributed by atoms with Gasteiger partial charge in [-0.15, -0.1) is 0 Å². The molecule has 36 heavy (non-hydrogen) atoms. The van der Waals surface area contributed by atoms with E-state index in [0.29, 0.717) is 30.7 Å². The Hall–Kier alpha value is -3.25. The van der Waals surface area contributed by atoms with Gasteiger partial charge < -0.3 is 25.0 Å². The predicted octanol–water partition coefficient (Wildman–Crippen LogP) is 3.90. The van der Waals surface area contributed by atoms with Gasteiger partial charge in [0.05, 0.1) is 13.2 Å². The van der Waals surface area contributed by atoms with E-state index in [0.717, 1.165) is 30.3 Å². The van der Waals surface area contributed by atoms with Gasteiger partial charge in [0.15, 0.2) is 0 Å². The molecule has 1 unspecified atom stereocenters. The van der Waals surface area contributed by atoms with Crippen molar-refractivity contribution < 1.29 is 50.8 Å². The summed E-state index contributed by atoms with van der Waals surface area (Å²) < 4.78 is 95.9. The lowest BCUT2D eigenvalue weighted by atomic mass is 9.73. The minimum absolute atomic E-state index is 0.0539. The van der Waals surface area contributed by atoms with Crippen LogP contribution in [0, 0.1) is 0 Å². The van der Waals surface area contributed by atoms with Crippen molar-refractivity contribution in [3.05, 3.63) is 72.3 Å². The zero-order valence-corrected chi connectivity index (χ0v) is 18.9. The number of alkyl halides is 6. The number of aliphatic hydroxyl groups excluding tert-OH is 2. The SMILES string of the molecule is C=CC(=O)NCCCOc1ccc(C(c2ccc(OCC(O)CO)cc2)(C(F)(F)F)C(F)(F)F)cc1. The van der Waals surface area contributed by atoms with Crippen LogP contribution in [0.2, 0.25) is 0 Å². The number of carbonyl (C=O) groups excluding carboxylic acids is 1. The van der Waals surface area contributed by atoms with Gasteiger partial charge >= 0.3 is 12.4 Å². The van der Waals surface area contributed by atoms with Crippen LogP contribution in [-0.2, 0) is 10.2 Å². The molecule has 2 aromatic carbocycles. The van der Waals surface area contributed by atoms with Gasteiger partial charge in [0.2, 0.25) is 11.3 Å². The largest absolute Gasteiger partial charge is 0.494 e. The third-order valence-corrected chi connectivity index (χ3v) is 5.15. The maximum Gasteiger partial charge on any atom is 0.411 e. The van der Waals surface area contributed by atoms with E-state index >= 15 is 0 Å². The van der Waals surface area contributed by atoms with Crippen molar-refractivity contribution in [1.82, 2.24) is 5.32 Å². The predicted molar refractivity (Wildman–Crippen MR) is 118 cm³/mol. The highest BCUT2D eigenvalue weighted by molar-refractivity contribution is 5.86. The molecule has 198 valence electrons. The molecule has 3 N–H and O–H groups in total. The van der Waals surface area contributed by atoms with Crippen LogP contribution in [0.5, 0.6) is 11.5 Å². The zero-order chi connectivity index (χ0) is 27.0. The second-order valence-electron chi connectivity index (χ2n) is 7.64. The quantitative estimate of drug-likeness (QED) is 0.224. The summed E-state index contributed by atoms with van der Waals surface area (Å²) in [6.07, 6.45) is -11.4. The average Bonchev–Trinajstić information content (AvgIpc) is 2.82. The van der Waals surface area contributed by atoms with Crippen LogP contribution in [-0.4, -0.2) is 60.9 Å². The Morgan fingerprint density at radius 2 is 1.39 bits per heavy atom. The molecule has 0 saturated heterocycles. The van der Waals surface area contributed by atoms with E-state index in [1.165, 1.54) is 0 Å². The summed E-state index contributed by atoms with van der Waals surface area (Å²) in [5, 5.41) is 20.6. The third kappa shape index (κ3) is 6.70. The molecule has 0 fully saturated rings. The molecule has 0 radical (unpaired) electrons. The fraction of sp³-hybridized carbons (Fsp3) is 0.375. The van der Waals surface area contributed by atoms with E-state index in [1.807, 2.05) is 0 Å². The van der Waals surface area contributed by atoms with Gasteiger partial charge in [-0.05, 0) is 47.9 Å². The number of rotatable bonds is 12. The molecule has 0 spiro atoms. The van der Waals surface area contributed by atoms with Gasteiger partial charge in [-0.3, -0.25) is 4.79 Å². The van der Waals surface area contributed by atoms with Crippen LogP contribution < -0.4 is 14.8 Å². The van der Waals surface area contributed by atoms with Crippen molar-refractivity contribution >= 4 is 5.91 Å². The van der Waals surface area contributed by atoms with E-state index in [1.54, 1.807) is 0 Å². The average molecular weight is 521 g/mol. The second-order valence-corrected chi connectivity index (χ2v) is 7.64. The Morgan fingerprint density at radius 1 is 0.917 bits per heavy atom. The molecule has 12 heteroatoms. The van der Waals surface area contributed by atoms with Crippen molar-refractivity contribution in [3.8, 4) is 11.5 Å². The van der Waals surface area contributed by atoms with Gasteiger partial charge in [-0.2, -0.15) is 26.3 Å². The molecule has 2 rings (SSSR count). The molecule has 2 aromatic rings. The number of amides is 1. The lowest BCUT2D eigenvalue weighted by Crippen LogP contribution is -2.54. The molecule has 1 atom stereocenters. The van der Waals surface area contributed by atoms with E-state index in [9.17, 15) is 36.2 Å². The highest BCUT2D eigenvalue weighted by Gasteiger charge is 2.72. The van der Waals surface area contributed by atoms with E-state index in [4.69, 9.17) is 14.6 Å². The van der Waals surface area contributed by atoms with Crippen LogP contribution in [0.1, 0.15) is 17.5 Å². The molecule has 0 aliphatic rings. The fourth-order valence-electron chi connectivity index (χ4n) is 3.38. The van der Waals surface area contributed by atoms with Crippen molar-refractivity contribution in [3.63, 3.8) is 0 Å². The summed E-state index contributed by atoms with van der Waals surface area (Å²) >= 11 is 0. The minimum atomic E-state index is -5.76. The van der Waals surface area contributed by atoms with Gasteiger partial charge in [-0.25, -0.2) is 0 Å². The third-order valence-electron chi connectivity index (χ3n) is 5.15. The smallest absolute Gasteiger partial charge is 0.411 e. The first-order valence-electron chi connectivity index (χ1n) is 10.7. The standard InChI is InChI=1S/C24H25F6NO5/c1-2-21(34)31-12-3-13-35-19-8-4-16(5-9-19)22(23(25,26)27,24(28,29)30)17-6-10-20(11-7-17)36-15-18(33)14-32/h2,4-11,18,32-33H,1,3,12-15H2,(H,31,34). The molecular weight excluding hydrogens is 496 g/mol. The number of hydrogen-bond donors (Lipinski definition) is 3. The summed E-state index contributed by atoms with van der Waals surface area (Å²) in [4.78, 5) is 11.1. The van der Waals surface area contributed by atoms with Gasteiger partial charge in [0.1, 0.15) is 24.2 Å². The summed E-state index contributed by atoms with van der Waals surface area (Å²) in [5.74, 6) is -0.423. The van der Waals surface area contributed by atoms with E-state index in [2.05, 4.69) is 11.9 Å². The van der Waals surface area contributed by atoms with Gasteiger partial charge in [0.25, 0.3) is 0 Å². The zero-order valence-electron chi connectivity index (χ0n) is 18.9. The molecule has 0 saturated carbocycles. The van der Waals surface area contributed by atoms with Crippen LogP contribution in [0.25, 0.3) is 0 Å². The molecule has 0 aliphatic heterocycles. The van der Waals surface area contributed by atoms with Crippen LogP contribution >= 0.6 is 0 Å². The maximum absolute atomic E-state index is 14.2. The molecule has 0 aromatic heterocycles. The number of nitrogens with one attached hydrogen (secondary N) is 1. The summed E-state index contributed by atoms with van der Waals surface area (Å²) in [5.41, 5.74) is -6.47. The lowest BCUT2D eigenvalue weighted by molar-refractivity contribution is -0.288. The molecule has 0 bridgehead atoms. The Kier molecular flexibility index (Phi) is 9.77. The lowest BCUT2D eigenvalue weighted by Gasteiger charge is -2.38. The Labute approximate surface area is 203 Å². The molecule has 1 amide bonds. The highest BCUT2D eigenvalue weighted by Crippen LogP contribution is 2.56. The minimum Gasteiger partial charge on any atom is -0.494 e. The number of aliphatic hydroxyl groups is 2. The van der Waals surface area contributed by atoms with Crippen molar-refractivity contribution in [1.29, 1.82) is 0 Å². The number of carbonyl (C=O) groups is 1. The van der Waals surface area contributed by atoms with Crippen molar-refractivity contribution in [2.24, 2.45) is 0 Å². The number of benzene rings is 2. The van der Waals surface area contributed by atoms with E-state index < -0.39 is 54.1 Å². The number of ether oxygens (including phenoxy) is 2.